The standard InChI is InChI=1S/C18H22F3N3O2/c1-2-22-7-9-23(10-8-22)17(26)13-11-16(25)24(12-13)15-5-3-14(4-6-15)18(19,20)21/h3-6,13H,2,7-12H2,1H3. The van der Waals surface area contributed by atoms with Crippen LogP contribution in [0.2, 0.25) is 0 Å². The van der Waals surface area contributed by atoms with Gasteiger partial charge in [-0.15, -0.1) is 0 Å². The first-order chi connectivity index (χ1) is 12.3. The third-order valence-electron chi connectivity index (χ3n) is 5.11. The fraction of sp³-hybridized carbons (Fsp3) is 0.556. The summed E-state index contributed by atoms with van der Waals surface area (Å²) in [6, 6.07) is 4.49. The summed E-state index contributed by atoms with van der Waals surface area (Å²) >= 11 is 0. The van der Waals surface area contributed by atoms with Crippen LogP contribution in [0.15, 0.2) is 24.3 Å². The Morgan fingerprint density at radius 1 is 1.12 bits per heavy atom. The third kappa shape index (κ3) is 3.85. The van der Waals surface area contributed by atoms with Crippen molar-refractivity contribution >= 4 is 17.5 Å². The highest BCUT2D eigenvalue weighted by Gasteiger charge is 2.38. The van der Waals surface area contributed by atoms with E-state index in [9.17, 15) is 22.8 Å². The molecule has 1 atom stereocenters. The zero-order valence-corrected chi connectivity index (χ0v) is 14.6. The largest absolute Gasteiger partial charge is 0.416 e. The first-order valence-corrected chi connectivity index (χ1v) is 8.78. The van der Waals surface area contributed by atoms with Crippen LogP contribution in [0, 0.1) is 5.92 Å². The molecule has 2 amide bonds. The maximum atomic E-state index is 12.7. The Hall–Kier alpha value is -2.09. The van der Waals surface area contributed by atoms with E-state index in [1.54, 1.807) is 4.90 Å². The molecule has 2 aliphatic heterocycles. The fourth-order valence-electron chi connectivity index (χ4n) is 3.50. The minimum Gasteiger partial charge on any atom is -0.340 e. The zero-order valence-electron chi connectivity index (χ0n) is 14.6. The van der Waals surface area contributed by atoms with E-state index < -0.39 is 17.7 Å². The van der Waals surface area contributed by atoms with Crippen LogP contribution in [-0.2, 0) is 15.8 Å². The number of halogens is 3. The lowest BCUT2D eigenvalue weighted by molar-refractivity contribution is -0.138. The van der Waals surface area contributed by atoms with E-state index >= 15 is 0 Å². The summed E-state index contributed by atoms with van der Waals surface area (Å²) in [6.45, 7) is 6.20. The summed E-state index contributed by atoms with van der Waals surface area (Å²) in [5.41, 5.74) is -0.358. The summed E-state index contributed by atoms with van der Waals surface area (Å²) in [4.78, 5) is 30.4. The summed E-state index contributed by atoms with van der Waals surface area (Å²) < 4.78 is 38.0. The molecule has 0 saturated carbocycles. The second-order valence-corrected chi connectivity index (χ2v) is 6.71. The number of anilines is 1. The first-order valence-electron chi connectivity index (χ1n) is 8.78. The van der Waals surface area contributed by atoms with Crippen molar-refractivity contribution in [2.75, 3.05) is 44.2 Å². The molecule has 0 N–H and O–H groups in total. The van der Waals surface area contributed by atoms with Gasteiger partial charge in [0, 0.05) is 44.8 Å². The number of nitrogens with zero attached hydrogens (tertiary/aromatic N) is 3. The Morgan fingerprint density at radius 3 is 2.27 bits per heavy atom. The van der Waals surface area contributed by atoms with Crippen LogP contribution < -0.4 is 4.90 Å². The van der Waals surface area contributed by atoms with Gasteiger partial charge in [-0.3, -0.25) is 9.59 Å². The van der Waals surface area contributed by atoms with Crippen molar-refractivity contribution in [2.24, 2.45) is 5.92 Å². The Kier molecular flexibility index (Phi) is 5.22. The molecule has 2 saturated heterocycles. The molecule has 0 aliphatic carbocycles. The van der Waals surface area contributed by atoms with E-state index in [1.807, 2.05) is 0 Å². The van der Waals surface area contributed by atoms with Gasteiger partial charge in [0.2, 0.25) is 11.8 Å². The number of hydrogen-bond acceptors (Lipinski definition) is 3. The monoisotopic (exact) mass is 369 g/mol. The lowest BCUT2D eigenvalue weighted by Gasteiger charge is -2.35. The van der Waals surface area contributed by atoms with E-state index in [4.69, 9.17) is 0 Å². The maximum Gasteiger partial charge on any atom is 0.416 e. The highest BCUT2D eigenvalue weighted by molar-refractivity contribution is 6.00. The highest BCUT2D eigenvalue weighted by Crippen LogP contribution is 2.32. The minimum absolute atomic E-state index is 0.0384. The molecule has 1 unspecified atom stereocenters. The van der Waals surface area contributed by atoms with Gasteiger partial charge in [0.1, 0.15) is 0 Å². The van der Waals surface area contributed by atoms with Gasteiger partial charge in [0.15, 0.2) is 0 Å². The number of carbonyl (C=O) groups is 2. The molecule has 0 bridgehead atoms. The van der Waals surface area contributed by atoms with Crippen molar-refractivity contribution in [3.8, 4) is 0 Å². The Morgan fingerprint density at radius 2 is 1.73 bits per heavy atom. The van der Waals surface area contributed by atoms with E-state index in [0.717, 1.165) is 31.8 Å². The van der Waals surface area contributed by atoms with Crippen LogP contribution in [0.1, 0.15) is 18.9 Å². The molecule has 2 heterocycles. The molecule has 1 aromatic carbocycles. The summed E-state index contributed by atoms with van der Waals surface area (Å²) in [7, 11) is 0. The van der Waals surface area contributed by atoms with Gasteiger partial charge in [0.05, 0.1) is 11.5 Å². The second-order valence-electron chi connectivity index (χ2n) is 6.71. The number of alkyl halides is 3. The fourth-order valence-corrected chi connectivity index (χ4v) is 3.50. The van der Waals surface area contributed by atoms with Gasteiger partial charge in [-0.2, -0.15) is 13.2 Å². The Balaban J connectivity index is 1.64. The smallest absolute Gasteiger partial charge is 0.340 e. The molecule has 3 rings (SSSR count). The van der Waals surface area contributed by atoms with Crippen molar-refractivity contribution in [1.29, 1.82) is 0 Å². The van der Waals surface area contributed by atoms with Gasteiger partial charge >= 0.3 is 6.18 Å². The van der Waals surface area contributed by atoms with E-state index in [0.29, 0.717) is 18.8 Å². The van der Waals surface area contributed by atoms with Crippen molar-refractivity contribution in [1.82, 2.24) is 9.80 Å². The minimum atomic E-state index is -4.41. The third-order valence-corrected chi connectivity index (χ3v) is 5.11. The van der Waals surface area contributed by atoms with Crippen molar-refractivity contribution < 1.29 is 22.8 Å². The molecular formula is C18H22F3N3O2. The summed E-state index contributed by atoms with van der Waals surface area (Å²) in [5, 5.41) is 0. The predicted octanol–water partition coefficient (Wildman–Crippen LogP) is 2.22. The average Bonchev–Trinajstić information content (AvgIpc) is 3.02. The van der Waals surface area contributed by atoms with Crippen LogP contribution in [0.5, 0.6) is 0 Å². The van der Waals surface area contributed by atoms with Gasteiger partial charge in [-0.25, -0.2) is 0 Å². The summed E-state index contributed by atoms with van der Waals surface area (Å²) in [5.74, 6) is -0.697. The Labute approximate surface area is 150 Å². The number of benzene rings is 1. The Bertz CT molecular complexity index is 667. The SMILES string of the molecule is CCN1CCN(C(=O)C2CC(=O)N(c3ccc(C(F)(F)F)cc3)C2)CC1. The van der Waals surface area contributed by atoms with Gasteiger partial charge in [-0.1, -0.05) is 6.92 Å². The number of amides is 2. The van der Waals surface area contributed by atoms with Crippen LogP contribution in [0.25, 0.3) is 0 Å². The first kappa shape index (κ1) is 18.7. The predicted molar refractivity (Wildman–Crippen MR) is 90.6 cm³/mol. The molecule has 0 radical (unpaired) electrons. The van der Waals surface area contributed by atoms with Crippen molar-refractivity contribution in [3.05, 3.63) is 29.8 Å². The molecule has 0 spiro atoms. The second kappa shape index (κ2) is 7.26. The molecule has 26 heavy (non-hydrogen) atoms. The van der Waals surface area contributed by atoms with Crippen LogP contribution in [0.4, 0.5) is 18.9 Å². The molecule has 0 aromatic heterocycles. The average molecular weight is 369 g/mol. The number of likely N-dealkylation sites (N-methyl/N-ethyl adjacent to an activating group) is 1. The normalized spacial score (nSPS) is 22.2. The zero-order chi connectivity index (χ0) is 18.9. The lowest BCUT2D eigenvalue weighted by Crippen LogP contribution is -2.50. The summed E-state index contributed by atoms with van der Waals surface area (Å²) in [6.07, 6.45) is -4.31. The molecule has 8 heteroatoms. The van der Waals surface area contributed by atoms with Crippen LogP contribution >= 0.6 is 0 Å². The molecule has 2 fully saturated rings. The number of carbonyl (C=O) groups excluding carboxylic acids is 2. The molecule has 142 valence electrons. The van der Waals surface area contributed by atoms with Crippen LogP contribution in [0.3, 0.4) is 0 Å². The molecule has 5 nitrogen and oxygen atoms in total. The van der Waals surface area contributed by atoms with Crippen LogP contribution in [-0.4, -0.2) is 60.9 Å². The van der Waals surface area contributed by atoms with Crippen molar-refractivity contribution in [3.63, 3.8) is 0 Å². The van der Waals surface area contributed by atoms with Gasteiger partial charge in [-0.05, 0) is 30.8 Å². The lowest BCUT2D eigenvalue weighted by atomic mass is 10.1. The number of piperazine rings is 1. The highest BCUT2D eigenvalue weighted by atomic mass is 19.4. The molecule has 2 aliphatic rings. The van der Waals surface area contributed by atoms with Gasteiger partial charge < -0.3 is 14.7 Å². The van der Waals surface area contributed by atoms with Gasteiger partial charge in [0.25, 0.3) is 0 Å². The molecule has 1 aromatic rings. The van der Waals surface area contributed by atoms with E-state index in [1.165, 1.54) is 17.0 Å². The quantitative estimate of drug-likeness (QED) is 0.821. The topological polar surface area (TPSA) is 43.9 Å². The number of rotatable bonds is 3. The van der Waals surface area contributed by atoms with E-state index in [-0.39, 0.29) is 24.8 Å². The number of hydrogen-bond donors (Lipinski definition) is 0. The maximum absolute atomic E-state index is 12.7. The van der Waals surface area contributed by atoms with Crippen molar-refractivity contribution in [2.45, 2.75) is 19.5 Å². The molecular weight excluding hydrogens is 347 g/mol. The van der Waals surface area contributed by atoms with E-state index in [2.05, 4.69) is 11.8 Å².